The van der Waals surface area contributed by atoms with Crippen LogP contribution in [0, 0.1) is 12.8 Å². The number of rotatable bonds is 7. The predicted molar refractivity (Wildman–Crippen MR) is 94.4 cm³/mol. The second-order valence-corrected chi connectivity index (χ2v) is 6.99. The molecule has 1 heterocycles. The Morgan fingerprint density at radius 2 is 1.96 bits per heavy atom. The van der Waals surface area contributed by atoms with Gasteiger partial charge in [-0.3, -0.25) is 4.79 Å². The molecule has 0 spiro atoms. The summed E-state index contributed by atoms with van der Waals surface area (Å²) in [6.45, 7) is 7.07. The van der Waals surface area contributed by atoms with Crippen LogP contribution in [0.2, 0.25) is 0 Å². The van der Waals surface area contributed by atoms with E-state index < -0.39 is 0 Å². The van der Waals surface area contributed by atoms with Crippen molar-refractivity contribution >= 4 is 17.7 Å². The van der Waals surface area contributed by atoms with Crippen molar-refractivity contribution in [2.45, 2.75) is 32.3 Å². The molecule has 1 amide bonds. The van der Waals surface area contributed by atoms with Crippen molar-refractivity contribution in [1.82, 2.24) is 20.1 Å². The van der Waals surface area contributed by atoms with Crippen LogP contribution in [0.4, 0.5) is 0 Å². The van der Waals surface area contributed by atoms with Crippen molar-refractivity contribution < 1.29 is 4.79 Å². The average Bonchev–Trinajstić information content (AvgIpc) is 2.87. The molecule has 0 bridgehead atoms. The molecular formula is C17H24N4OS. The SMILES string of the molecule is Cc1ccc(-c2nnc(SCC(=O)NCCC(C)C)n2C)cc1. The highest BCUT2D eigenvalue weighted by atomic mass is 32.2. The van der Waals surface area contributed by atoms with Crippen molar-refractivity contribution in [3.05, 3.63) is 29.8 Å². The molecule has 0 aliphatic carbocycles. The minimum Gasteiger partial charge on any atom is -0.355 e. The number of carbonyl (C=O) groups excluding carboxylic acids is 1. The van der Waals surface area contributed by atoms with E-state index >= 15 is 0 Å². The number of nitrogens with one attached hydrogen (secondary N) is 1. The first-order chi connectivity index (χ1) is 11.0. The van der Waals surface area contributed by atoms with E-state index in [0.717, 1.165) is 29.5 Å². The minimum atomic E-state index is 0.0375. The topological polar surface area (TPSA) is 59.8 Å². The zero-order valence-electron chi connectivity index (χ0n) is 14.2. The van der Waals surface area contributed by atoms with Gasteiger partial charge in [0, 0.05) is 19.2 Å². The first-order valence-corrected chi connectivity index (χ1v) is 8.82. The lowest BCUT2D eigenvalue weighted by molar-refractivity contribution is -0.118. The van der Waals surface area contributed by atoms with Crippen molar-refractivity contribution in [2.75, 3.05) is 12.3 Å². The van der Waals surface area contributed by atoms with Gasteiger partial charge in [-0.15, -0.1) is 10.2 Å². The molecule has 1 N–H and O–H groups in total. The number of benzene rings is 1. The predicted octanol–water partition coefficient (Wildman–Crippen LogP) is 3.04. The van der Waals surface area contributed by atoms with Gasteiger partial charge in [0.15, 0.2) is 11.0 Å². The van der Waals surface area contributed by atoms with Gasteiger partial charge >= 0.3 is 0 Å². The lowest BCUT2D eigenvalue weighted by atomic mass is 10.1. The number of hydrogen-bond acceptors (Lipinski definition) is 4. The summed E-state index contributed by atoms with van der Waals surface area (Å²) in [5.74, 6) is 1.81. The Balaban J connectivity index is 1.92. The van der Waals surface area contributed by atoms with Crippen LogP contribution in [0.3, 0.4) is 0 Å². The van der Waals surface area contributed by atoms with Crippen LogP contribution in [0.1, 0.15) is 25.8 Å². The fourth-order valence-corrected chi connectivity index (χ4v) is 2.82. The molecule has 0 saturated carbocycles. The van der Waals surface area contributed by atoms with Crippen molar-refractivity contribution in [3.63, 3.8) is 0 Å². The van der Waals surface area contributed by atoms with E-state index in [2.05, 4.69) is 48.4 Å². The molecule has 6 heteroatoms. The van der Waals surface area contributed by atoms with Crippen LogP contribution >= 0.6 is 11.8 Å². The molecule has 0 aliphatic heterocycles. The maximum Gasteiger partial charge on any atom is 0.230 e. The molecule has 0 radical (unpaired) electrons. The molecule has 1 aromatic carbocycles. The summed E-state index contributed by atoms with van der Waals surface area (Å²) >= 11 is 1.41. The smallest absolute Gasteiger partial charge is 0.230 e. The Hall–Kier alpha value is -1.82. The zero-order valence-corrected chi connectivity index (χ0v) is 15.0. The number of aromatic nitrogens is 3. The Morgan fingerprint density at radius 1 is 1.26 bits per heavy atom. The molecule has 1 aromatic heterocycles. The highest BCUT2D eigenvalue weighted by molar-refractivity contribution is 7.99. The van der Waals surface area contributed by atoms with E-state index in [4.69, 9.17) is 0 Å². The first-order valence-electron chi connectivity index (χ1n) is 7.83. The fraction of sp³-hybridized carbons (Fsp3) is 0.471. The maximum absolute atomic E-state index is 11.8. The quantitative estimate of drug-likeness (QED) is 0.792. The Bertz CT molecular complexity index is 649. The molecule has 2 aromatic rings. The second-order valence-electron chi connectivity index (χ2n) is 6.05. The summed E-state index contributed by atoms with van der Waals surface area (Å²) in [5, 5.41) is 12.1. The Morgan fingerprint density at radius 3 is 2.61 bits per heavy atom. The molecule has 0 fully saturated rings. The highest BCUT2D eigenvalue weighted by Crippen LogP contribution is 2.22. The molecular weight excluding hydrogens is 308 g/mol. The van der Waals surface area contributed by atoms with Crippen molar-refractivity contribution in [1.29, 1.82) is 0 Å². The third-order valence-electron chi connectivity index (χ3n) is 3.52. The average molecular weight is 332 g/mol. The van der Waals surface area contributed by atoms with Crippen molar-refractivity contribution in [3.8, 4) is 11.4 Å². The van der Waals surface area contributed by atoms with Gasteiger partial charge in [0.2, 0.25) is 5.91 Å². The zero-order chi connectivity index (χ0) is 16.8. The van der Waals surface area contributed by atoms with Crippen LogP contribution in [-0.2, 0) is 11.8 Å². The molecule has 23 heavy (non-hydrogen) atoms. The van der Waals surface area contributed by atoms with Crippen LogP contribution < -0.4 is 5.32 Å². The van der Waals surface area contributed by atoms with E-state index in [9.17, 15) is 4.79 Å². The number of thioether (sulfide) groups is 1. The standard InChI is InChI=1S/C17H24N4OS/c1-12(2)9-10-18-15(22)11-23-17-20-19-16(21(17)4)14-7-5-13(3)6-8-14/h5-8,12H,9-11H2,1-4H3,(H,18,22). The number of carbonyl (C=O) groups is 1. The molecule has 0 saturated heterocycles. The molecule has 0 unspecified atom stereocenters. The van der Waals surface area contributed by atoms with E-state index in [0.29, 0.717) is 11.7 Å². The summed E-state index contributed by atoms with van der Waals surface area (Å²) in [6.07, 6.45) is 0.998. The fourth-order valence-electron chi connectivity index (χ4n) is 2.08. The van der Waals surface area contributed by atoms with Gasteiger partial charge in [0.25, 0.3) is 0 Å². The molecule has 0 atom stereocenters. The second kappa shape index (κ2) is 8.15. The Labute approximate surface area is 141 Å². The summed E-state index contributed by atoms with van der Waals surface area (Å²) in [5.41, 5.74) is 2.24. The van der Waals surface area contributed by atoms with Crippen LogP contribution in [-0.4, -0.2) is 33.0 Å². The lowest BCUT2D eigenvalue weighted by Crippen LogP contribution is -2.27. The van der Waals surface area contributed by atoms with E-state index in [1.54, 1.807) is 0 Å². The normalized spacial score (nSPS) is 11.0. The number of amides is 1. The van der Waals surface area contributed by atoms with Crippen molar-refractivity contribution in [2.24, 2.45) is 13.0 Å². The molecule has 0 aliphatic rings. The van der Waals surface area contributed by atoms with E-state index in [-0.39, 0.29) is 5.91 Å². The summed E-state index contributed by atoms with van der Waals surface area (Å²) < 4.78 is 1.93. The van der Waals surface area contributed by atoms with Crippen LogP contribution in [0.15, 0.2) is 29.4 Å². The Kier molecular flexibility index (Phi) is 6.21. The summed E-state index contributed by atoms with van der Waals surface area (Å²) in [4.78, 5) is 11.8. The lowest BCUT2D eigenvalue weighted by Gasteiger charge is -2.07. The van der Waals surface area contributed by atoms with Gasteiger partial charge in [-0.05, 0) is 19.3 Å². The number of aryl methyl sites for hydroxylation is 1. The molecule has 124 valence electrons. The van der Waals surface area contributed by atoms with Gasteiger partial charge in [-0.1, -0.05) is 55.4 Å². The molecule has 2 rings (SSSR count). The molecule has 5 nitrogen and oxygen atoms in total. The first kappa shape index (κ1) is 17.5. The van der Waals surface area contributed by atoms with E-state index in [1.807, 2.05) is 23.7 Å². The monoisotopic (exact) mass is 332 g/mol. The van der Waals surface area contributed by atoms with Gasteiger partial charge in [-0.2, -0.15) is 0 Å². The minimum absolute atomic E-state index is 0.0375. The number of nitrogens with zero attached hydrogens (tertiary/aromatic N) is 3. The van der Waals surface area contributed by atoms with Gasteiger partial charge in [0.05, 0.1) is 5.75 Å². The van der Waals surface area contributed by atoms with Gasteiger partial charge in [0.1, 0.15) is 0 Å². The highest BCUT2D eigenvalue weighted by Gasteiger charge is 2.12. The van der Waals surface area contributed by atoms with Gasteiger partial charge < -0.3 is 9.88 Å². The van der Waals surface area contributed by atoms with Crippen LogP contribution in [0.25, 0.3) is 11.4 Å². The maximum atomic E-state index is 11.8. The van der Waals surface area contributed by atoms with Gasteiger partial charge in [-0.25, -0.2) is 0 Å². The third kappa shape index (κ3) is 5.10. The van der Waals surface area contributed by atoms with E-state index in [1.165, 1.54) is 17.3 Å². The largest absolute Gasteiger partial charge is 0.355 e. The number of hydrogen-bond donors (Lipinski definition) is 1. The summed E-state index contributed by atoms with van der Waals surface area (Å²) in [6, 6.07) is 8.18. The third-order valence-corrected chi connectivity index (χ3v) is 4.54. The van der Waals surface area contributed by atoms with Crippen LogP contribution in [0.5, 0.6) is 0 Å². The summed E-state index contributed by atoms with van der Waals surface area (Å²) in [7, 11) is 1.92.